The highest BCUT2D eigenvalue weighted by Gasteiger charge is 2.26. The standard InChI is InChI=1S/C19H26N6O2/c1-19(2,3)25-16-13(11-21-25)17(26)23-18(22-16)20-12-14(15-7-6-10-27-15)24-8-4-5-9-24/h6-7,10-11,14H,4-5,8-9,12H2,1-3H3,(H2,20,22,23,26). The van der Waals surface area contributed by atoms with E-state index in [4.69, 9.17) is 4.42 Å². The lowest BCUT2D eigenvalue weighted by atomic mass is 10.1. The summed E-state index contributed by atoms with van der Waals surface area (Å²) in [5, 5.41) is 8.15. The van der Waals surface area contributed by atoms with Gasteiger partial charge in [0.1, 0.15) is 11.1 Å². The minimum Gasteiger partial charge on any atom is -0.468 e. The summed E-state index contributed by atoms with van der Waals surface area (Å²) in [5.41, 5.74) is 0.143. The van der Waals surface area contributed by atoms with Crippen LogP contribution in [0.1, 0.15) is 45.4 Å². The molecule has 1 saturated heterocycles. The highest BCUT2D eigenvalue weighted by molar-refractivity contribution is 5.74. The molecule has 3 aromatic heterocycles. The Bertz CT molecular complexity index is 960. The first-order valence-electron chi connectivity index (χ1n) is 9.43. The minimum atomic E-state index is -0.258. The van der Waals surface area contributed by atoms with Crippen molar-refractivity contribution in [2.45, 2.75) is 45.2 Å². The van der Waals surface area contributed by atoms with Crippen LogP contribution in [0.4, 0.5) is 5.95 Å². The van der Waals surface area contributed by atoms with E-state index < -0.39 is 0 Å². The Balaban J connectivity index is 1.61. The molecule has 0 bridgehead atoms. The third kappa shape index (κ3) is 3.49. The summed E-state index contributed by atoms with van der Waals surface area (Å²) in [5.74, 6) is 1.38. The molecular formula is C19H26N6O2. The molecule has 3 aromatic rings. The van der Waals surface area contributed by atoms with Crippen molar-refractivity contribution >= 4 is 17.0 Å². The van der Waals surface area contributed by atoms with Gasteiger partial charge in [0.25, 0.3) is 5.56 Å². The summed E-state index contributed by atoms with van der Waals surface area (Å²) < 4.78 is 7.44. The Kier molecular flexibility index (Phi) is 4.51. The molecule has 1 fully saturated rings. The van der Waals surface area contributed by atoms with Crippen molar-refractivity contribution in [1.29, 1.82) is 0 Å². The largest absolute Gasteiger partial charge is 0.468 e. The van der Waals surface area contributed by atoms with Gasteiger partial charge in [-0.2, -0.15) is 10.1 Å². The smallest absolute Gasteiger partial charge is 0.263 e. The van der Waals surface area contributed by atoms with Crippen LogP contribution in [0.2, 0.25) is 0 Å². The molecule has 1 unspecified atom stereocenters. The highest BCUT2D eigenvalue weighted by Crippen LogP contribution is 2.26. The Morgan fingerprint density at radius 2 is 2.11 bits per heavy atom. The molecular weight excluding hydrogens is 344 g/mol. The number of furan rings is 1. The zero-order valence-electron chi connectivity index (χ0n) is 16.0. The van der Waals surface area contributed by atoms with Crippen molar-refractivity contribution < 1.29 is 4.42 Å². The number of aromatic nitrogens is 4. The average molecular weight is 370 g/mol. The van der Waals surface area contributed by atoms with E-state index in [1.165, 1.54) is 12.8 Å². The second-order valence-corrected chi connectivity index (χ2v) is 8.03. The van der Waals surface area contributed by atoms with Gasteiger partial charge in [-0.15, -0.1) is 0 Å². The molecule has 1 aliphatic heterocycles. The predicted molar refractivity (Wildman–Crippen MR) is 104 cm³/mol. The molecule has 2 N–H and O–H groups in total. The number of nitrogens with zero attached hydrogens (tertiary/aromatic N) is 4. The Morgan fingerprint density at radius 1 is 1.33 bits per heavy atom. The lowest BCUT2D eigenvalue weighted by Gasteiger charge is -2.26. The van der Waals surface area contributed by atoms with Crippen LogP contribution in [0.25, 0.3) is 11.0 Å². The van der Waals surface area contributed by atoms with Crippen molar-refractivity contribution in [3.8, 4) is 0 Å². The fourth-order valence-corrected chi connectivity index (χ4v) is 3.63. The molecule has 144 valence electrons. The molecule has 0 spiro atoms. The van der Waals surface area contributed by atoms with Gasteiger partial charge >= 0.3 is 0 Å². The average Bonchev–Trinajstić information content (AvgIpc) is 3.36. The quantitative estimate of drug-likeness (QED) is 0.717. The molecule has 0 aromatic carbocycles. The van der Waals surface area contributed by atoms with E-state index in [2.05, 4.69) is 25.3 Å². The number of rotatable bonds is 5. The number of anilines is 1. The number of likely N-dealkylation sites (tertiary alicyclic amines) is 1. The van der Waals surface area contributed by atoms with Gasteiger partial charge in [0.2, 0.25) is 5.95 Å². The lowest BCUT2D eigenvalue weighted by molar-refractivity contribution is 0.225. The SMILES string of the molecule is CC(C)(C)n1ncc2c(=O)[nH]c(NCC(c3ccco3)N3CCCC3)nc21. The Morgan fingerprint density at radius 3 is 2.78 bits per heavy atom. The lowest BCUT2D eigenvalue weighted by Crippen LogP contribution is -2.31. The maximum absolute atomic E-state index is 12.5. The zero-order valence-corrected chi connectivity index (χ0v) is 16.0. The van der Waals surface area contributed by atoms with Crippen molar-refractivity contribution in [1.82, 2.24) is 24.6 Å². The number of hydrogen-bond donors (Lipinski definition) is 2. The molecule has 8 heteroatoms. The van der Waals surface area contributed by atoms with Gasteiger partial charge in [0, 0.05) is 6.54 Å². The van der Waals surface area contributed by atoms with E-state index in [1.54, 1.807) is 17.1 Å². The normalized spacial score (nSPS) is 16.9. The Labute approximate surface area is 157 Å². The molecule has 0 amide bonds. The summed E-state index contributed by atoms with van der Waals surface area (Å²) in [4.78, 5) is 22.3. The van der Waals surface area contributed by atoms with E-state index in [1.807, 2.05) is 32.9 Å². The second-order valence-electron chi connectivity index (χ2n) is 8.03. The van der Waals surface area contributed by atoms with E-state index >= 15 is 0 Å². The summed E-state index contributed by atoms with van der Waals surface area (Å²) in [6.45, 7) is 8.81. The third-order valence-corrected chi connectivity index (χ3v) is 4.99. The van der Waals surface area contributed by atoms with Gasteiger partial charge in [0.15, 0.2) is 5.65 Å². The fraction of sp³-hybridized carbons (Fsp3) is 0.526. The van der Waals surface area contributed by atoms with E-state index in [9.17, 15) is 4.79 Å². The molecule has 0 aliphatic carbocycles. The van der Waals surface area contributed by atoms with E-state index in [-0.39, 0.29) is 17.1 Å². The third-order valence-electron chi connectivity index (χ3n) is 4.99. The maximum Gasteiger partial charge on any atom is 0.263 e. The van der Waals surface area contributed by atoms with Gasteiger partial charge in [-0.3, -0.25) is 14.7 Å². The highest BCUT2D eigenvalue weighted by atomic mass is 16.3. The number of aromatic amines is 1. The molecule has 4 rings (SSSR count). The van der Waals surface area contributed by atoms with Gasteiger partial charge < -0.3 is 9.73 Å². The van der Waals surface area contributed by atoms with Crippen LogP contribution in [0.3, 0.4) is 0 Å². The van der Waals surface area contributed by atoms with E-state index in [0.29, 0.717) is 23.5 Å². The molecule has 0 radical (unpaired) electrons. The van der Waals surface area contributed by atoms with Crippen LogP contribution in [-0.4, -0.2) is 44.3 Å². The minimum absolute atomic E-state index is 0.107. The van der Waals surface area contributed by atoms with Gasteiger partial charge in [-0.25, -0.2) is 4.68 Å². The number of H-pyrrole nitrogens is 1. The maximum atomic E-state index is 12.5. The van der Waals surface area contributed by atoms with Crippen LogP contribution in [-0.2, 0) is 5.54 Å². The van der Waals surface area contributed by atoms with Crippen LogP contribution < -0.4 is 10.9 Å². The van der Waals surface area contributed by atoms with E-state index in [0.717, 1.165) is 18.8 Å². The van der Waals surface area contributed by atoms with Crippen molar-refractivity contribution in [3.63, 3.8) is 0 Å². The van der Waals surface area contributed by atoms with Crippen LogP contribution in [0.5, 0.6) is 0 Å². The molecule has 1 aliphatic rings. The van der Waals surface area contributed by atoms with Gasteiger partial charge in [-0.05, 0) is 58.8 Å². The molecule has 8 nitrogen and oxygen atoms in total. The predicted octanol–water partition coefficient (Wildman–Crippen LogP) is 2.72. The first kappa shape index (κ1) is 17.8. The van der Waals surface area contributed by atoms with Crippen LogP contribution in [0.15, 0.2) is 33.8 Å². The van der Waals surface area contributed by atoms with Crippen molar-refractivity contribution in [2.24, 2.45) is 0 Å². The fourth-order valence-electron chi connectivity index (χ4n) is 3.63. The zero-order chi connectivity index (χ0) is 19.0. The second kappa shape index (κ2) is 6.84. The Hall–Kier alpha value is -2.61. The first-order valence-corrected chi connectivity index (χ1v) is 9.43. The summed E-state index contributed by atoms with van der Waals surface area (Å²) in [6, 6.07) is 4.02. The van der Waals surface area contributed by atoms with Crippen molar-refractivity contribution in [3.05, 3.63) is 40.7 Å². The molecule has 1 atom stereocenters. The number of fused-ring (bicyclic) bond motifs is 1. The molecule has 0 saturated carbocycles. The first-order chi connectivity index (χ1) is 12.9. The summed E-state index contributed by atoms with van der Waals surface area (Å²) in [7, 11) is 0. The molecule has 4 heterocycles. The monoisotopic (exact) mass is 370 g/mol. The van der Waals surface area contributed by atoms with Crippen LogP contribution >= 0.6 is 0 Å². The van der Waals surface area contributed by atoms with Gasteiger partial charge in [-0.1, -0.05) is 0 Å². The molecule has 27 heavy (non-hydrogen) atoms. The van der Waals surface area contributed by atoms with Crippen molar-refractivity contribution in [2.75, 3.05) is 25.0 Å². The van der Waals surface area contributed by atoms with Crippen LogP contribution in [0, 0.1) is 0 Å². The number of nitrogens with one attached hydrogen (secondary N) is 2. The topological polar surface area (TPSA) is 92.0 Å². The number of hydrogen-bond acceptors (Lipinski definition) is 6. The summed E-state index contributed by atoms with van der Waals surface area (Å²) >= 11 is 0. The van der Waals surface area contributed by atoms with Gasteiger partial charge in [0.05, 0.1) is 24.0 Å². The summed E-state index contributed by atoms with van der Waals surface area (Å²) in [6.07, 6.45) is 5.67.